The van der Waals surface area contributed by atoms with Gasteiger partial charge >= 0.3 is 0 Å². The first-order valence-corrected chi connectivity index (χ1v) is 4.86. The minimum absolute atomic E-state index is 0.0632. The van der Waals surface area contributed by atoms with E-state index in [4.69, 9.17) is 0 Å². The van der Waals surface area contributed by atoms with Gasteiger partial charge in [-0.3, -0.25) is 0 Å². The predicted octanol–water partition coefficient (Wildman–Crippen LogP) is 3.06. The summed E-state index contributed by atoms with van der Waals surface area (Å²) in [5, 5.41) is 17.1. The predicted molar refractivity (Wildman–Crippen MR) is 54.8 cm³/mol. The normalized spacial score (nSPS) is 10.9. The Balaban J connectivity index is 2.40. The van der Waals surface area contributed by atoms with Crippen molar-refractivity contribution >= 4 is 5.69 Å². The molecule has 14 heavy (non-hydrogen) atoms. The fourth-order valence-corrected chi connectivity index (χ4v) is 1.03. The molecule has 1 aromatic rings. The highest BCUT2D eigenvalue weighted by atomic mass is 16.3. The van der Waals surface area contributed by atoms with Crippen molar-refractivity contribution in [3.63, 3.8) is 0 Å². The lowest BCUT2D eigenvalue weighted by Gasteiger charge is -1.94. The molecular formula is C10H15N3O. The van der Waals surface area contributed by atoms with Crippen molar-refractivity contribution in [2.75, 3.05) is 6.54 Å². The summed E-state index contributed by atoms with van der Waals surface area (Å²) in [5.41, 5.74) is 0.434. The van der Waals surface area contributed by atoms with Gasteiger partial charge in [0.15, 0.2) is 0 Å². The summed E-state index contributed by atoms with van der Waals surface area (Å²) in [6.45, 7) is 2.85. The van der Waals surface area contributed by atoms with Crippen LogP contribution in [0.5, 0.6) is 5.88 Å². The molecule has 0 amide bonds. The van der Waals surface area contributed by atoms with Gasteiger partial charge in [-0.25, -0.2) is 4.98 Å². The Hall–Kier alpha value is -1.45. The lowest BCUT2D eigenvalue weighted by atomic mass is 10.3. The summed E-state index contributed by atoms with van der Waals surface area (Å²) in [4.78, 5) is 3.70. The molecule has 1 N–H and O–H groups in total. The monoisotopic (exact) mass is 193 g/mol. The summed E-state index contributed by atoms with van der Waals surface area (Å²) in [6.07, 6.45) is 4.90. The molecular weight excluding hydrogens is 178 g/mol. The molecule has 0 aromatic carbocycles. The van der Waals surface area contributed by atoms with Gasteiger partial charge in [0.05, 0.1) is 6.54 Å². The number of aromatic hydroxyl groups is 1. The number of nitrogens with zero attached hydrogens (tertiary/aromatic N) is 3. The first-order valence-electron chi connectivity index (χ1n) is 4.86. The van der Waals surface area contributed by atoms with Crippen molar-refractivity contribution in [1.82, 2.24) is 4.98 Å². The number of unbranched alkanes of at least 4 members (excludes halogenated alkanes) is 2. The second-order valence-electron chi connectivity index (χ2n) is 3.02. The molecule has 0 aliphatic rings. The molecule has 4 nitrogen and oxygen atoms in total. The average Bonchev–Trinajstić information content (AvgIpc) is 2.20. The number of pyridine rings is 1. The topological polar surface area (TPSA) is 57.8 Å². The summed E-state index contributed by atoms with van der Waals surface area (Å²) < 4.78 is 0. The lowest BCUT2D eigenvalue weighted by molar-refractivity contribution is 0.454. The lowest BCUT2D eigenvalue weighted by Crippen LogP contribution is -1.79. The van der Waals surface area contributed by atoms with E-state index in [0.29, 0.717) is 12.2 Å². The Kier molecular flexibility index (Phi) is 4.61. The van der Waals surface area contributed by atoms with E-state index in [1.807, 2.05) is 0 Å². The molecule has 1 heterocycles. The van der Waals surface area contributed by atoms with Crippen LogP contribution in [-0.4, -0.2) is 16.6 Å². The average molecular weight is 193 g/mol. The van der Waals surface area contributed by atoms with Gasteiger partial charge in [0.25, 0.3) is 0 Å². The van der Waals surface area contributed by atoms with Crippen LogP contribution in [0.1, 0.15) is 26.2 Å². The van der Waals surface area contributed by atoms with Crippen molar-refractivity contribution in [2.24, 2.45) is 10.2 Å². The number of azo groups is 1. The van der Waals surface area contributed by atoms with Crippen LogP contribution in [0.15, 0.2) is 28.6 Å². The third-order valence-electron chi connectivity index (χ3n) is 1.81. The van der Waals surface area contributed by atoms with E-state index in [-0.39, 0.29) is 5.88 Å². The Labute approximate surface area is 83.7 Å². The highest BCUT2D eigenvalue weighted by Gasteiger charge is 1.96. The van der Waals surface area contributed by atoms with Crippen LogP contribution in [-0.2, 0) is 0 Å². The number of aromatic nitrogens is 1. The van der Waals surface area contributed by atoms with Crippen LogP contribution in [0.4, 0.5) is 5.69 Å². The zero-order chi connectivity index (χ0) is 10.2. The number of hydrogen-bond acceptors (Lipinski definition) is 4. The van der Waals surface area contributed by atoms with Gasteiger partial charge in [-0.15, -0.1) is 0 Å². The zero-order valence-corrected chi connectivity index (χ0v) is 8.35. The summed E-state index contributed by atoms with van der Waals surface area (Å²) in [5.74, 6) is -0.0632. The Morgan fingerprint density at radius 2 is 2.29 bits per heavy atom. The molecule has 0 saturated heterocycles. The quantitative estimate of drug-likeness (QED) is 0.577. The summed E-state index contributed by atoms with van der Waals surface area (Å²) in [7, 11) is 0. The molecule has 0 aliphatic heterocycles. The van der Waals surface area contributed by atoms with E-state index < -0.39 is 0 Å². The van der Waals surface area contributed by atoms with Crippen molar-refractivity contribution in [1.29, 1.82) is 0 Å². The zero-order valence-electron chi connectivity index (χ0n) is 8.35. The smallest absolute Gasteiger partial charge is 0.239 e. The van der Waals surface area contributed by atoms with E-state index in [1.165, 1.54) is 12.6 Å². The highest BCUT2D eigenvalue weighted by molar-refractivity contribution is 5.44. The molecule has 0 unspecified atom stereocenters. The van der Waals surface area contributed by atoms with Gasteiger partial charge in [0.1, 0.15) is 5.69 Å². The van der Waals surface area contributed by atoms with Gasteiger partial charge in [0, 0.05) is 6.20 Å². The second-order valence-corrected chi connectivity index (χ2v) is 3.02. The van der Waals surface area contributed by atoms with Crippen molar-refractivity contribution in [3.05, 3.63) is 18.3 Å². The Morgan fingerprint density at radius 3 is 3.00 bits per heavy atom. The van der Waals surface area contributed by atoms with Crippen LogP contribution in [0, 0.1) is 0 Å². The molecule has 0 fully saturated rings. The fraction of sp³-hybridized carbons (Fsp3) is 0.500. The Morgan fingerprint density at radius 1 is 1.43 bits per heavy atom. The van der Waals surface area contributed by atoms with Crippen LogP contribution < -0.4 is 0 Å². The number of rotatable bonds is 5. The fourth-order valence-electron chi connectivity index (χ4n) is 1.03. The van der Waals surface area contributed by atoms with Crippen LogP contribution in [0.3, 0.4) is 0 Å². The first-order chi connectivity index (χ1) is 6.84. The van der Waals surface area contributed by atoms with E-state index in [0.717, 1.165) is 12.8 Å². The Bertz CT molecular complexity index is 299. The molecule has 0 aliphatic carbocycles. The molecule has 0 atom stereocenters. The molecule has 0 saturated carbocycles. The minimum atomic E-state index is -0.0632. The van der Waals surface area contributed by atoms with Crippen molar-refractivity contribution in [2.45, 2.75) is 26.2 Å². The molecule has 0 spiro atoms. The largest absolute Gasteiger partial charge is 0.492 e. The SMILES string of the molecule is CCCCCN=Nc1cccnc1O. The first kappa shape index (κ1) is 10.6. The summed E-state index contributed by atoms with van der Waals surface area (Å²) >= 11 is 0. The van der Waals surface area contributed by atoms with E-state index in [9.17, 15) is 5.11 Å². The van der Waals surface area contributed by atoms with Crippen molar-refractivity contribution in [3.8, 4) is 5.88 Å². The molecule has 76 valence electrons. The van der Waals surface area contributed by atoms with Crippen molar-refractivity contribution < 1.29 is 5.11 Å². The second kappa shape index (κ2) is 6.07. The molecule has 0 bridgehead atoms. The minimum Gasteiger partial charge on any atom is -0.492 e. The van der Waals surface area contributed by atoms with Gasteiger partial charge in [-0.2, -0.15) is 10.2 Å². The highest BCUT2D eigenvalue weighted by Crippen LogP contribution is 2.22. The number of hydrogen-bond donors (Lipinski definition) is 1. The maximum absolute atomic E-state index is 9.25. The summed E-state index contributed by atoms with van der Waals surface area (Å²) in [6, 6.07) is 3.41. The standard InChI is InChI=1S/C10H15N3O/c1-2-3-4-8-12-13-9-6-5-7-11-10(9)14/h5-7H,2-4,8H2,1H3,(H,11,14). The molecule has 1 rings (SSSR count). The van der Waals surface area contributed by atoms with Gasteiger partial charge in [-0.1, -0.05) is 19.8 Å². The molecule has 0 radical (unpaired) electrons. The van der Waals surface area contributed by atoms with Crippen LogP contribution >= 0.6 is 0 Å². The van der Waals surface area contributed by atoms with E-state index in [1.54, 1.807) is 12.1 Å². The third kappa shape index (κ3) is 3.51. The maximum atomic E-state index is 9.25. The van der Waals surface area contributed by atoms with Gasteiger partial charge < -0.3 is 5.11 Å². The molecule has 4 heteroatoms. The maximum Gasteiger partial charge on any atom is 0.239 e. The van der Waals surface area contributed by atoms with E-state index >= 15 is 0 Å². The van der Waals surface area contributed by atoms with Gasteiger partial charge in [-0.05, 0) is 18.6 Å². The van der Waals surface area contributed by atoms with Crippen LogP contribution in [0.2, 0.25) is 0 Å². The van der Waals surface area contributed by atoms with Crippen LogP contribution in [0.25, 0.3) is 0 Å². The van der Waals surface area contributed by atoms with E-state index in [2.05, 4.69) is 22.1 Å². The third-order valence-corrected chi connectivity index (χ3v) is 1.81. The van der Waals surface area contributed by atoms with Gasteiger partial charge in [0.2, 0.25) is 5.88 Å². The molecule has 1 aromatic heterocycles.